The van der Waals surface area contributed by atoms with Crippen LogP contribution in [0, 0.1) is 5.41 Å². The van der Waals surface area contributed by atoms with Gasteiger partial charge in [-0.2, -0.15) is 0 Å². The van der Waals surface area contributed by atoms with Gasteiger partial charge in [-0.1, -0.05) is 18.6 Å². The fraction of sp³-hybridized carbons (Fsp3) is 0.636. The van der Waals surface area contributed by atoms with Gasteiger partial charge in [0.15, 0.2) is 5.96 Å². The molecule has 1 saturated carbocycles. The first-order valence-electron chi connectivity index (χ1n) is 10.6. The van der Waals surface area contributed by atoms with E-state index >= 15 is 0 Å². The number of halogens is 1. The summed E-state index contributed by atoms with van der Waals surface area (Å²) in [5.41, 5.74) is 2.49. The molecule has 2 aliphatic rings. The van der Waals surface area contributed by atoms with Crippen molar-refractivity contribution in [2.45, 2.75) is 52.0 Å². The SMILES string of the molecule is CCNC(=NCc1ccc(N2CCCC2=O)cc1)NCC1(CCOC)CCC1.I. The quantitative estimate of drug-likeness (QED) is 0.300. The summed E-state index contributed by atoms with van der Waals surface area (Å²) < 4.78 is 5.29. The first-order chi connectivity index (χ1) is 13.7. The third kappa shape index (κ3) is 6.57. The number of rotatable bonds is 9. The molecule has 6 nitrogen and oxygen atoms in total. The minimum absolute atomic E-state index is 0. The molecule has 1 amide bonds. The molecule has 1 aromatic carbocycles. The van der Waals surface area contributed by atoms with Crippen molar-refractivity contribution in [1.29, 1.82) is 0 Å². The van der Waals surface area contributed by atoms with E-state index in [1.54, 1.807) is 7.11 Å². The third-order valence-corrected chi connectivity index (χ3v) is 5.97. The van der Waals surface area contributed by atoms with Crippen LogP contribution >= 0.6 is 24.0 Å². The number of anilines is 1. The molecule has 0 atom stereocenters. The minimum atomic E-state index is 0. The van der Waals surface area contributed by atoms with Crippen LogP contribution in [0.2, 0.25) is 0 Å². The van der Waals surface area contributed by atoms with Crippen molar-refractivity contribution in [3.05, 3.63) is 29.8 Å². The Balaban J connectivity index is 0.00000300. The number of guanidine groups is 1. The Morgan fingerprint density at radius 1 is 1.21 bits per heavy atom. The monoisotopic (exact) mass is 514 g/mol. The maximum absolute atomic E-state index is 11.9. The van der Waals surface area contributed by atoms with Crippen LogP contribution in [-0.2, 0) is 16.1 Å². The van der Waals surface area contributed by atoms with Gasteiger partial charge in [-0.15, -0.1) is 24.0 Å². The molecule has 1 aliphatic carbocycles. The summed E-state index contributed by atoms with van der Waals surface area (Å²) in [5.74, 6) is 1.09. The molecule has 2 N–H and O–H groups in total. The second-order valence-corrected chi connectivity index (χ2v) is 7.96. The van der Waals surface area contributed by atoms with Crippen LogP contribution in [0.15, 0.2) is 29.3 Å². The highest BCUT2D eigenvalue weighted by molar-refractivity contribution is 14.0. The lowest BCUT2D eigenvalue weighted by molar-refractivity contribution is -0.117. The van der Waals surface area contributed by atoms with E-state index in [0.717, 1.165) is 56.3 Å². The lowest BCUT2D eigenvalue weighted by atomic mass is 9.67. The van der Waals surface area contributed by atoms with Gasteiger partial charge in [-0.05, 0) is 55.7 Å². The molecule has 7 heteroatoms. The number of benzene rings is 1. The second kappa shape index (κ2) is 11.7. The predicted octanol–water partition coefficient (Wildman–Crippen LogP) is 3.69. The predicted molar refractivity (Wildman–Crippen MR) is 129 cm³/mol. The zero-order valence-corrected chi connectivity index (χ0v) is 20.0. The highest BCUT2D eigenvalue weighted by Gasteiger charge is 2.36. The Labute approximate surface area is 191 Å². The average Bonchev–Trinajstić information content (AvgIpc) is 3.11. The molecule has 0 bridgehead atoms. The van der Waals surface area contributed by atoms with Crippen molar-refractivity contribution in [1.82, 2.24) is 10.6 Å². The molecule has 162 valence electrons. The maximum Gasteiger partial charge on any atom is 0.227 e. The summed E-state index contributed by atoms with van der Waals surface area (Å²) in [4.78, 5) is 18.5. The molecule has 3 rings (SSSR count). The number of nitrogens with zero attached hydrogens (tertiary/aromatic N) is 2. The number of hydrogen-bond donors (Lipinski definition) is 2. The number of methoxy groups -OCH3 is 1. The Morgan fingerprint density at radius 3 is 2.52 bits per heavy atom. The molecule has 2 fully saturated rings. The number of aliphatic imine (C=N–C) groups is 1. The van der Waals surface area contributed by atoms with Crippen LogP contribution in [0.4, 0.5) is 5.69 Å². The minimum Gasteiger partial charge on any atom is -0.385 e. The van der Waals surface area contributed by atoms with Gasteiger partial charge in [0, 0.05) is 45.5 Å². The van der Waals surface area contributed by atoms with Gasteiger partial charge in [0.25, 0.3) is 0 Å². The van der Waals surface area contributed by atoms with E-state index in [1.165, 1.54) is 19.3 Å². The highest BCUT2D eigenvalue weighted by Crippen LogP contribution is 2.43. The summed E-state index contributed by atoms with van der Waals surface area (Å²) in [6.07, 6.45) is 6.56. The Morgan fingerprint density at radius 2 is 1.97 bits per heavy atom. The molecular weight excluding hydrogens is 479 g/mol. The Bertz CT molecular complexity index is 674. The fourth-order valence-corrected chi connectivity index (χ4v) is 4.00. The summed E-state index contributed by atoms with van der Waals surface area (Å²) >= 11 is 0. The zero-order valence-electron chi connectivity index (χ0n) is 17.7. The van der Waals surface area contributed by atoms with E-state index in [1.807, 2.05) is 17.0 Å². The lowest BCUT2D eigenvalue weighted by Crippen LogP contribution is -2.46. The topological polar surface area (TPSA) is 66.0 Å². The molecule has 0 spiro atoms. The van der Waals surface area contributed by atoms with E-state index in [4.69, 9.17) is 9.73 Å². The van der Waals surface area contributed by atoms with E-state index < -0.39 is 0 Å². The molecule has 1 saturated heterocycles. The molecular formula is C22H35IN4O2. The standard InChI is InChI=1S/C22H34N4O2.HI/c1-3-23-21(25-17-22(11-5-12-22)13-15-28-2)24-16-18-7-9-19(10-8-18)26-14-4-6-20(26)27;/h7-10H,3-6,11-17H2,1-2H3,(H2,23,24,25);1H. The van der Waals surface area contributed by atoms with Crippen LogP contribution in [0.25, 0.3) is 0 Å². The second-order valence-electron chi connectivity index (χ2n) is 7.96. The molecule has 0 radical (unpaired) electrons. The Hall–Kier alpha value is -1.35. The van der Waals surface area contributed by atoms with Gasteiger partial charge in [0.2, 0.25) is 5.91 Å². The highest BCUT2D eigenvalue weighted by atomic mass is 127. The largest absolute Gasteiger partial charge is 0.385 e. The van der Waals surface area contributed by atoms with Gasteiger partial charge in [-0.3, -0.25) is 4.79 Å². The maximum atomic E-state index is 11.9. The van der Waals surface area contributed by atoms with Crippen molar-refractivity contribution in [2.24, 2.45) is 10.4 Å². The van der Waals surface area contributed by atoms with E-state index in [9.17, 15) is 4.79 Å². The smallest absolute Gasteiger partial charge is 0.227 e. The van der Waals surface area contributed by atoms with Gasteiger partial charge in [0.05, 0.1) is 6.54 Å². The van der Waals surface area contributed by atoms with Crippen molar-refractivity contribution >= 4 is 41.5 Å². The van der Waals surface area contributed by atoms with Gasteiger partial charge in [-0.25, -0.2) is 4.99 Å². The van der Waals surface area contributed by atoms with Crippen LogP contribution in [-0.4, -0.2) is 45.2 Å². The zero-order chi connectivity index (χ0) is 19.8. The van der Waals surface area contributed by atoms with E-state index in [-0.39, 0.29) is 29.9 Å². The van der Waals surface area contributed by atoms with Crippen LogP contribution in [0.3, 0.4) is 0 Å². The lowest BCUT2D eigenvalue weighted by Gasteiger charge is -2.42. The third-order valence-electron chi connectivity index (χ3n) is 5.97. The summed E-state index contributed by atoms with van der Waals surface area (Å²) in [5, 5.41) is 6.88. The Kier molecular flexibility index (Phi) is 9.68. The molecule has 1 heterocycles. The molecule has 1 aromatic rings. The fourth-order valence-electron chi connectivity index (χ4n) is 4.00. The van der Waals surface area contributed by atoms with Crippen molar-refractivity contribution in [3.8, 4) is 0 Å². The van der Waals surface area contributed by atoms with Gasteiger partial charge in [0.1, 0.15) is 0 Å². The number of nitrogens with one attached hydrogen (secondary N) is 2. The number of ether oxygens (including phenoxy) is 1. The van der Waals surface area contributed by atoms with Crippen molar-refractivity contribution in [3.63, 3.8) is 0 Å². The van der Waals surface area contributed by atoms with Crippen LogP contribution in [0.1, 0.15) is 51.0 Å². The first kappa shape index (κ1) is 23.9. The number of hydrogen-bond acceptors (Lipinski definition) is 3. The van der Waals surface area contributed by atoms with E-state index in [0.29, 0.717) is 18.4 Å². The van der Waals surface area contributed by atoms with E-state index in [2.05, 4.69) is 29.7 Å². The molecule has 1 aliphatic heterocycles. The first-order valence-corrected chi connectivity index (χ1v) is 10.6. The molecule has 0 aromatic heterocycles. The summed E-state index contributed by atoms with van der Waals surface area (Å²) in [6.45, 7) is 6.14. The number of carbonyl (C=O) groups excluding carboxylic acids is 1. The summed E-state index contributed by atoms with van der Waals surface area (Å²) in [6, 6.07) is 8.20. The molecule has 29 heavy (non-hydrogen) atoms. The van der Waals surface area contributed by atoms with Crippen LogP contribution in [0.5, 0.6) is 0 Å². The van der Waals surface area contributed by atoms with Gasteiger partial charge < -0.3 is 20.3 Å². The number of amides is 1. The van der Waals surface area contributed by atoms with Crippen molar-refractivity contribution < 1.29 is 9.53 Å². The number of carbonyl (C=O) groups is 1. The summed E-state index contributed by atoms with van der Waals surface area (Å²) in [7, 11) is 1.77. The van der Waals surface area contributed by atoms with Crippen molar-refractivity contribution in [2.75, 3.05) is 38.3 Å². The van der Waals surface area contributed by atoms with Crippen LogP contribution < -0.4 is 15.5 Å². The van der Waals surface area contributed by atoms with Gasteiger partial charge >= 0.3 is 0 Å². The normalized spacial score (nSPS) is 18.2. The molecule has 0 unspecified atom stereocenters. The average molecular weight is 514 g/mol.